The second-order valence-electron chi connectivity index (χ2n) is 3.73. The topological polar surface area (TPSA) is 47.3 Å². The molecule has 0 saturated carbocycles. The van der Waals surface area contributed by atoms with Crippen LogP contribution in [0, 0.1) is 0 Å². The number of hydrogen-bond donors (Lipinski definition) is 3. The predicted octanol–water partition coefficient (Wildman–Crippen LogP) is 0.374. The SMILES string of the molecule is CCCCOc1ccccc1C=[NH+]NC(=S)NC. The summed E-state index contributed by atoms with van der Waals surface area (Å²) >= 11 is 4.95. The zero-order valence-corrected chi connectivity index (χ0v) is 11.6. The molecule has 0 atom stereocenters. The van der Waals surface area contributed by atoms with Gasteiger partial charge in [0.05, 0.1) is 12.2 Å². The second kappa shape index (κ2) is 8.47. The van der Waals surface area contributed by atoms with Crippen LogP contribution < -0.4 is 20.6 Å². The Morgan fingerprint density at radius 2 is 2.22 bits per heavy atom. The molecule has 0 fully saturated rings. The molecule has 1 aromatic carbocycles. The van der Waals surface area contributed by atoms with E-state index in [4.69, 9.17) is 17.0 Å². The zero-order chi connectivity index (χ0) is 13.2. The predicted molar refractivity (Wildman–Crippen MR) is 77.8 cm³/mol. The minimum absolute atomic E-state index is 0.538. The molecule has 0 aliphatic rings. The number of hydrazine groups is 1. The third kappa shape index (κ3) is 5.14. The first kappa shape index (κ1) is 14.4. The first-order valence-corrected chi connectivity index (χ1v) is 6.47. The summed E-state index contributed by atoms with van der Waals surface area (Å²) in [6, 6.07) is 7.87. The van der Waals surface area contributed by atoms with Gasteiger partial charge in [-0.05, 0) is 30.8 Å². The fourth-order valence-electron chi connectivity index (χ4n) is 1.30. The monoisotopic (exact) mass is 266 g/mol. The molecule has 0 bridgehead atoms. The average molecular weight is 266 g/mol. The summed E-state index contributed by atoms with van der Waals surface area (Å²) in [4.78, 5) is 0. The summed E-state index contributed by atoms with van der Waals surface area (Å²) in [5, 5.41) is 6.28. The Kier molecular flexibility index (Phi) is 6.79. The van der Waals surface area contributed by atoms with Gasteiger partial charge in [-0.2, -0.15) is 0 Å². The third-order valence-electron chi connectivity index (χ3n) is 2.31. The molecule has 0 aliphatic carbocycles. The number of hydrogen-bond acceptors (Lipinski definition) is 2. The smallest absolute Gasteiger partial charge is 0.223 e. The molecule has 0 amide bonds. The molecular weight excluding hydrogens is 246 g/mol. The highest BCUT2D eigenvalue weighted by Crippen LogP contribution is 2.15. The van der Waals surface area contributed by atoms with Gasteiger partial charge in [0.25, 0.3) is 0 Å². The Labute approximate surface area is 113 Å². The van der Waals surface area contributed by atoms with Crippen LogP contribution in [0.25, 0.3) is 0 Å². The Morgan fingerprint density at radius 1 is 1.44 bits per heavy atom. The molecule has 0 aromatic heterocycles. The molecule has 1 rings (SSSR count). The number of rotatable bonds is 6. The van der Waals surface area contributed by atoms with Crippen molar-refractivity contribution in [3.05, 3.63) is 29.8 Å². The lowest BCUT2D eigenvalue weighted by Gasteiger charge is -2.06. The van der Waals surface area contributed by atoms with Gasteiger partial charge in [-0.25, -0.2) is 0 Å². The van der Waals surface area contributed by atoms with E-state index in [1.807, 2.05) is 30.5 Å². The number of hydrazone groups is 1. The van der Waals surface area contributed by atoms with Gasteiger partial charge in [-0.15, -0.1) is 10.5 Å². The lowest BCUT2D eigenvalue weighted by Crippen LogP contribution is -2.82. The summed E-state index contributed by atoms with van der Waals surface area (Å²) in [5.74, 6) is 0.871. The molecule has 0 unspecified atom stereocenters. The lowest BCUT2D eigenvalue weighted by molar-refractivity contribution is -0.500. The average Bonchev–Trinajstić information content (AvgIpc) is 2.40. The molecule has 0 saturated heterocycles. The van der Waals surface area contributed by atoms with E-state index in [2.05, 4.69) is 22.8 Å². The van der Waals surface area contributed by atoms with Crippen molar-refractivity contribution >= 4 is 23.5 Å². The van der Waals surface area contributed by atoms with Crippen LogP contribution in [0.5, 0.6) is 5.75 Å². The molecule has 0 aliphatic heterocycles. The van der Waals surface area contributed by atoms with E-state index < -0.39 is 0 Å². The van der Waals surface area contributed by atoms with Crippen molar-refractivity contribution in [2.24, 2.45) is 0 Å². The van der Waals surface area contributed by atoms with Crippen molar-refractivity contribution < 1.29 is 9.84 Å². The van der Waals surface area contributed by atoms with E-state index in [1.54, 1.807) is 7.05 Å². The highest BCUT2D eigenvalue weighted by molar-refractivity contribution is 7.80. The van der Waals surface area contributed by atoms with Crippen LogP contribution in [0.1, 0.15) is 25.3 Å². The van der Waals surface area contributed by atoms with E-state index in [1.165, 1.54) is 0 Å². The third-order valence-corrected chi connectivity index (χ3v) is 2.62. The summed E-state index contributed by atoms with van der Waals surface area (Å²) in [6.07, 6.45) is 4.01. The molecular formula is C13H20N3OS+. The number of ether oxygens (including phenoxy) is 1. The quantitative estimate of drug-likeness (QED) is 0.301. The van der Waals surface area contributed by atoms with Crippen LogP contribution in [0.3, 0.4) is 0 Å². The molecule has 3 N–H and O–H groups in total. The number of unbranched alkanes of at least 4 members (excludes halogenated alkanes) is 1. The van der Waals surface area contributed by atoms with E-state index in [-0.39, 0.29) is 0 Å². The van der Waals surface area contributed by atoms with Gasteiger partial charge in [-0.1, -0.05) is 25.5 Å². The van der Waals surface area contributed by atoms with Crippen molar-refractivity contribution in [2.75, 3.05) is 13.7 Å². The number of thiocarbonyl (C=S) groups is 1. The maximum atomic E-state index is 5.71. The van der Waals surface area contributed by atoms with E-state index in [0.717, 1.165) is 30.8 Å². The van der Waals surface area contributed by atoms with Gasteiger partial charge in [0, 0.05) is 7.05 Å². The summed E-state index contributed by atoms with van der Waals surface area (Å²) in [6.45, 7) is 2.88. The molecule has 4 nitrogen and oxygen atoms in total. The zero-order valence-electron chi connectivity index (χ0n) is 10.8. The highest BCUT2D eigenvalue weighted by atomic mass is 32.1. The molecule has 0 spiro atoms. The van der Waals surface area contributed by atoms with Gasteiger partial charge >= 0.3 is 0 Å². The molecule has 0 radical (unpaired) electrons. The maximum Gasteiger partial charge on any atom is 0.223 e. The van der Waals surface area contributed by atoms with Gasteiger partial charge < -0.3 is 10.1 Å². The fourth-order valence-corrected chi connectivity index (χ4v) is 1.36. The molecule has 98 valence electrons. The van der Waals surface area contributed by atoms with Crippen LogP contribution in [-0.2, 0) is 0 Å². The number of benzene rings is 1. The van der Waals surface area contributed by atoms with Crippen molar-refractivity contribution in [3.8, 4) is 5.75 Å². The Balaban J connectivity index is 2.60. The minimum atomic E-state index is 0.538. The van der Waals surface area contributed by atoms with Gasteiger partial charge in [0.1, 0.15) is 5.75 Å². The number of nitrogens with one attached hydrogen (secondary N) is 3. The highest BCUT2D eigenvalue weighted by Gasteiger charge is 2.02. The molecule has 1 aromatic rings. The first-order valence-electron chi connectivity index (χ1n) is 6.06. The largest absolute Gasteiger partial charge is 0.493 e. The minimum Gasteiger partial charge on any atom is -0.493 e. The van der Waals surface area contributed by atoms with Crippen molar-refractivity contribution in [2.45, 2.75) is 19.8 Å². The van der Waals surface area contributed by atoms with E-state index in [0.29, 0.717) is 5.11 Å². The molecule has 0 heterocycles. The van der Waals surface area contributed by atoms with E-state index >= 15 is 0 Å². The standard InChI is InChI=1S/C13H19N3OS/c1-3-4-9-17-12-8-6-5-7-11(12)10-15-16-13(18)14-2/h5-8,10H,3-4,9H2,1-2H3,(H2,14,16,18)/p+1. The summed E-state index contributed by atoms with van der Waals surface area (Å²) < 4.78 is 5.71. The Morgan fingerprint density at radius 3 is 2.94 bits per heavy atom. The van der Waals surface area contributed by atoms with Gasteiger partial charge in [-0.3, -0.25) is 0 Å². The summed E-state index contributed by atoms with van der Waals surface area (Å²) in [7, 11) is 1.76. The van der Waals surface area contributed by atoms with Crippen LogP contribution in [0.4, 0.5) is 0 Å². The summed E-state index contributed by atoms with van der Waals surface area (Å²) in [5.41, 5.74) is 3.82. The Bertz CT molecular complexity index is 407. The first-order chi connectivity index (χ1) is 8.77. The second-order valence-corrected chi connectivity index (χ2v) is 4.14. The molecule has 5 heteroatoms. The normalized spacial score (nSPS) is 10.3. The van der Waals surface area contributed by atoms with E-state index in [9.17, 15) is 0 Å². The van der Waals surface area contributed by atoms with Crippen LogP contribution >= 0.6 is 12.2 Å². The number of para-hydroxylation sites is 1. The van der Waals surface area contributed by atoms with Crippen molar-refractivity contribution in [3.63, 3.8) is 0 Å². The van der Waals surface area contributed by atoms with Crippen LogP contribution in [0.2, 0.25) is 0 Å². The molecule has 18 heavy (non-hydrogen) atoms. The van der Waals surface area contributed by atoms with Gasteiger partial charge in [0.2, 0.25) is 11.3 Å². The Hall–Kier alpha value is -1.62. The van der Waals surface area contributed by atoms with Gasteiger partial charge in [0.15, 0.2) is 0 Å². The van der Waals surface area contributed by atoms with Crippen LogP contribution in [-0.4, -0.2) is 25.0 Å². The maximum absolute atomic E-state index is 5.71. The van der Waals surface area contributed by atoms with Crippen molar-refractivity contribution in [1.29, 1.82) is 0 Å². The lowest BCUT2D eigenvalue weighted by atomic mass is 10.2. The fraction of sp³-hybridized carbons (Fsp3) is 0.385. The van der Waals surface area contributed by atoms with Crippen LogP contribution in [0.15, 0.2) is 24.3 Å². The van der Waals surface area contributed by atoms with Crippen molar-refractivity contribution in [1.82, 2.24) is 10.7 Å².